The minimum absolute atomic E-state index is 0.126. The molecule has 0 aromatic heterocycles. The second kappa shape index (κ2) is 4.72. The molecule has 1 aliphatic rings. The number of hydrogen-bond acceptors (Lipinski definition) is 4. The van der Waals surface area contributed by atoms with Crippen molar-refractivity contribution in [3.63, 3.8) is 0 Å². The van der Waals surface area contributed by atoms with Crippen LogP contribution in [0.25, 0.3) is 0 Å². The Labute approximate surface area is 105 Å². The van der Waals surface area contributed by atoms with Gasteiger partial charge in [-0.1, -0.05) is 0 Å². The minimum atomic E-state index is -0.426. The Hall–Kier alpha value is -1.98. The number of nitrogens with two attached hydrogens (primary N) is 3. The molecule has 0 spiro atoms. The van der Waals surface area contributed by atoms with E-state index < -0.39 is 5.82 Å². The van der Waals surface area contributed by atoms with E-state index in [1.54, 1.807) is 6.07 Å². The molecule has 6 heteroatoms. The van der Waals surface area contributed by atoms with Gasteiger partial charge in [-0.15, -0.1) is 0 Å². The third kappa shape index (κ3) is 2.32. The molecule has 5 nitrogen and oxygen atoms in total. The number of piperidine rings is 1. The van der Waals surface area contributed by atoms with Crippen LogP contribution in [0.3, 0.4) is 0 Å². The first-order valence-corrected chi connectivity index (χ1v) is 5.88. The molecule has 1 aromatic carbocycles. The Morgan fingerprint density at radius 3 is 2.39 bits per heavy atom. The summed E-state index contributed by atoms with van der Waals surface area (Å²) in [6.07, 6.45) is 1.25. The van der Waals surface area contributed by atoms with Crippen molar-refractivity contribution in [2.75, 3.05) is 29.5 Å². The van der Waals surface area contributed by atoms with Crippen molar-refractivity contribution in [1.82, 2.24) is 0 Å². The van der Waals surface area contributed by atoms with E-state index in [4.69, 9.17) is 17.2 Å². The summed E-state index contributed by atoms with van der Waals surface area (Å²) in [7, 11) is 0. The summed E-state index contributed by atoms with van der Waals surface area (Å²) in [5.74, 6) is -0.843. The van der Waals surface area contributed by atoms with E-state index in [-0.39, 0.29) is 11.8 Å². The molecule has 0 atom stereocenters. The molecule has 1 aliphatic heterocycles. The fourth-order valence-corrected chi connectivity index (χ4v) is 2.36. The van der Waals surface area contributed by atoms with Gasteiger partial charge in [0.05, 0.1) is 11.4 Å². The molecule has 98 valence electrons. The molecule has 0 aliphatic carbocycles. The van der Waals surface area contributed by atoms with E-state index in [2.05, 4.69) is 0 Å². The maximum Gasteiger partial charge on any atom is 0.220 e. The molecule has 0 bridgehead atoms. The molecule has 6 N–H and O–H groups in total. The van der Waals surface area contributed by atoms with Crippen LogP contribution >= 0.6 is 0 Å². The molecular weight excluding hydrogens is 235 g/mol. The number of nitrogens with zero attached hydrogens (tertiary/aromatic N) is 1. The Morgan fingerprint density at radius 1 is 1.28 bits per heavy atom. The first kappa shape index (κ1) is 12.5. The predicted molar refractivity (Wildman–Crippen MR) is 69.4 cm³/mol. The lowest BCUT2D eigenvalue weighted by atomic mass is 9.95. The highest BCUT2D eigenvalue weighted by Crippen LogP contribution is 2.32. The van der Waals surface area contributed by atoms with Gasteiger partial charge in [-0.3, -0.25) is 4.79 Å². The first-order chi connectivity index (χ1) is 8.49. The summed E-state index contributed by atoms with van der Waals surface area (Å²) in [6.45, 7) is 1.14. The first-order valence-electron chi connectivity index (χ1n) is 5.88. The van der Waals surface area contributed by atoms with Gasteiger partial charge in [-0.25, -0.2) is 4.39 Å². The van der Waals surface area contributed by atoms with Gasteiger partial charge in [0, 0.05) is 24.7 Å². The number of anilines is 3. The number of amides is 1. The molecule has 1 aromatic rings. The number of carbonyl (C=O) groups excluding carboxylic acids is 1. The minimum Gasteiger partial charge on any atom is -0.399 e. The maximum absolute atomic E-state index is 13.9. The van der Waals surface area contributed by atoms with Crippen LogP contribution in [0.1, 0.15) is 12.8 Å². The van der Waals surface area contributed by atoms with Gasteiger partial charge in [-0.05, 0) is 25.0 Å². The van der Waals surface area contributed by atoms with Crippen LogP contribution in [0.2, 0.25) is 0 Å². The monoisotopic (exact) mass is 252 g/mol. The third-order valence-electron chi connectivity index (χ3n) is 3.33. The highest BCUT2D eigenvalue weighted by molar-refractivity contribution is 5.77. The lowest BCUT2D eigenvalue weighted by Crippen LogP contribution is -2.39. The largest absolute Gasteiger partial charge is 0.399 e. The molecule has 1 heterocycles. The normalized spacial score (nSPS) is 16.8. The highest BCUT2D eigenvalue weighted by atomic mass is 19.1. The number of hydrogen-bond donors (Lipinski definition) is 3. The van der Waals surface area contributed by atoms with Crippen LogP contribution in [0.4, 0.5) is 21.5 Å². The van der Waals surface area contributed by atoms with E-state index in [0.29, 0.717) is 43.0 Å². The van der Waals surface area contributed by atoms with Gasteiger partial charge in [0.15, 0.2) is 5.82 Å². The molecule has 0 unspecified atom stereocenters. The second-order valence-electron chi connectivity index (χ2n) is 4.60. The topological polar surface area (TPSA) is 98.4 Å². The Morgan fingerprint density at radius 2 is 1.89 bits per heavy atom. The SMILES string of the molecule is NC(=O)C1CCN(c2c(N)cc(N)cc2F)CC1. The van der Waals surface area contributed by atoms with Crippen LogP contribution in [-0.4, -0.2) is 19.0 Å². The zero-order valence-electron chi connectivity index (χ0n) is 10.0. The van der Waals surface area contributed by atoms with Crippen molar-refractivity contribution < 1.29 is 9.18 Å². The predicted octanol–water partition coefficient (Wildman–Crippen LogP) is 0.692. The summed E-state index contributed by atoms with van der Waals surface area (Å²) in [4.78, 5) is 12.9. The lowest BCUT2D eigenvalue weighted by molar-refractivity contribution is -0.122. The quantitative estimate of drug-likeness (QED) is 0.674. The van der Waals surface area contributed by atoms with Crippen LogP contribution in [-0.2, 0) is 4.79 Å². The van der Waals surface area contributed by atoms with Crippen molar-refractivity contribution >= 4 is 23.0 Å². The summed E-state index contributed by atoms with van der Waals surface area (Å²) in [5.41, 5.74) is 17.6. The molecule has 1 amide bonds. The zero-order valence-corrected chi connectivity index (χ0v) is 10.0. The summed E-state index contributed by atoms with van der Waals surface area (Å²) < 4.78 is 13.9. The fourth-order valence-electron chi connectivity index (χ4n) is 2.36. The van der Waals surface area contributed by atoms with Crippen molar-refractivity contribution in [3.8, 4) is 0 Å². The van der Waals surface area contributed by atoms with E-state index in [1.807, 2.05) is 4.90 Å². The van der Waals surface area contributed by atoms with Crippen LogP contribution < -0.4 is 22.1 Å². The average molecular weight is 252 g/mol. The Balaban J connectivity index is 2.17. The molecule has 18 heavy (non-hydrogen) atoms. The van der Waals surface area contributed by atoms with Crippen LogP contribution in [0.5, 0.6) is 0 Å². The van der Waals surface area contributed by atoms with Gasteiger partial charge in [0.25, 0.3) is 0 Å². The third-order valence-corrected chi connectivity index (χ3v) is 3.33. The molecule has 1 fully saturated rings. The fraction of sp³-hybridized carbons (Fsp3) is 0.417. The van der Waals surface area contributed by atoms with Gasteiger partial charge in [0.2, 0.25) is 5.91 Å². The van der Waals surface area contributed by atoms with Crippen LogP contribution in [0.15, 0.2) is 12.1 Å². The van der Waals surface area contributed by atoms with Crippen molar-refractivity contribution in [3.05, 3.63) is 17.9 Å². The average Bonchev–Trinajstić information content (AvgIpc) is 2.28. The molecular formula is C12H17FN4O. The zero-order chi connectivity index (χ0) is 13.3. The molecule has 0 saturated carbocycles. The molecule has 2 rings (SSSR count). The molecule has 0 radical (unpaired) electrons. The highest BCUT2D eigenvalue weighted by Gasteiger charge is 2.25. The number of halogens is 1. The summed E-state index contributed by atoms with van der Waals surface area (Å²) in [6, 6.07) is 2.80. The van der Waals surface area contributed by atoms with Crippen molar-refractivity contribution in [1.29, 1.82) is 0 Å². The second-order valence-corrected chi connectivity index (χ2v) is 4.60. The Bertz CT molecular complexity index is 446. The standard InChI is InChI=1S/C12H17FN4O/c13-9-5-8(14)6-10(15)11(9)17-3-1-7(2-4-17)12(16)18/h5-7H,1-4,14-15H2,(H2,16,18). The van der Waals surface area contributed by atoms with Gasteiger partial charge < -0.3 is 22.1 Å². The van der Waals surface area contributed by atoms with Gasteiger partial charge in [0.1, 0.15) is 0 Å². The van der Waals surface area contributed by atoms with E-state index in [0.717, 1.165) is 0 Å². The molecule has 1 saturated heterocycles. The van der Waals surface area contributed by atoms with E-state index >= 15 is 0 Å². The Kier molecular flexibility index (Phi) is 3.27. The summed E-state index contributed by atoms with van der Waals surface area (Å²) in [5, 5.41) is 0. The number of nitrogen functional groups attached to an aromatic ring is 2. The smallest absolute Gasteiger partial charge is 0.220 e. The van der Waals surface area contributed by atoms with E-state index in [9.17, 15) is 9.18 Å². The number of primary amides is 1. The maximum atomic E-state index is 13.9. The lowest BCUT2D eigenvalue weighted by Gasteiger charge is -2.33. The van der Waals surface area contributed by atoms with Gasteiger partial charge >= 0.3 is 0 Å². The number of benzene rings is 1. The van der Waals surface area contributed by atoms with Crippen molar-refractivity contribution in [2.24, 2.45) is 11.7 Å². The van der Waals surface area contributed by atoms with Crippen molar-refractivity contribution in [2.45, 2.75) is 12.8 Å². The van der Waals surface area contributed by atoms with Crippen LogP contribution in [0, 0.1) is 11.7 Å². The number of carbonyl (C=O) groups is 1. The number of rotatable bonds is 2. The summed E-state index contributed by atoms with van der Waals surface area (Å²) >= 11 is 0. The van der Waals surface area contributed by atoms with Gasteiger partial charge in [-0.2, -0.15) is 0 Å². The van der Waals surface area contributed by atoms with E-state index in [1.165, 1.54) is 6.07 Å².